The molecule has 21 heavy (non-hydrogen) atoms. The molecule has 2 aromatic heterocycles. The molecule has 0 aliphatic rings. The molecule has 0 bridgehead atoms. The fourth-order valence-electron chi connectivity index (χ4n) is 2.21. The number of nitrogens with zero attached hydrogens (tertiary/aromatic N) is 5. The van der Waals surface area contributed by atoms with Gasteiger partial charge in [0.2, 0.25) is 6.33 Å². The third-order valence-corrected chi connectivity index (χ3v) is 3.25. The molecule has 2 heterocycles. The number of nitrogens with two attached hydrogens (primary N) is 1. The summed E-state index contributed by atoms with van der Waals surface area (Å²) in [5.74, 6) is 2.08. The van der Waals surface area contributed by atoms with Crippen LogP contribution in [0.15, 0.2) is 42.9 Å². The van der Waals surface area contributed by atoms with Crippen LogP contribution in [-0.2, 0) is 13.6 Å². The molecule has 0 atom stereocenters. The van der Waals surface area contributed by atoms with Gasteiger partial charge in [0.05, 0.1) is 18.2 Å². The van der Waals surface area contributed by atoms with E-state index in [0.29, 0.717) is 18.2 Å². The highest BCUT2D eigenvalue weighted by atomic mass is 15.4. The van der Waals surface area contributed by atoms with Crippen molar-refractivity contribution in [2.24, 2.45) is 7.05 Å². The molecule has 0 fully saturated rings. The highest BCUT2D eigenvalue weighted by molar-refractivity contribution is 5.50. The van der Waals surface area contributed by atoms with Crippen molar-refractivity contribution in [1.29, 1.82) is 0 Å². The Morgan fingerprint density at radius 3 is 2.71 bits per heavy atom. The van der Waals surface area contributed by atoms with Gasteiger partial charge in [-0.25, -0.2) is 14.5 Å². The molecule has 0 aliphatic carbocycles. The maximum atomic E-state index is 5.93. The van der Waals surface area contributed by atoms with Crippen LogP contribution < -0.4 is 10.3 Å². The van der Waals surface area contributed by atoms with Crippen LogP contribution in [0.3, 0.4) is 0 Å². The summed E-state index contributed by atoms with van der Waals surface area (Å²) < 4.78 is 3.83. The number of aryl methyl sites for hydroxylation is 2. The molecule has 2 N–H and O–H groups in total. The summed E-state index contributed by atoms with van der Waals surface area (Å²) in [5.41, 5.74) is 7.87. The second-order valence-corrected chi connectivity index (χ2v) is 4.94. The van der Waals surface area contributed by atoms with E-state index >= 15 is 0 Å². The Bertz CT molecular complexity index is 763. The zero-order chi connectivity index (χ0) is 14.8. The van der Waals surface area contributed by atoms with Gasteiger partial charge < -0.3 is 5.73 Å². The fourth-order valence-corrected chi connectivity index (χ4v) is 2.21. The Morgan fingerprint density at radius 1 is 1.24 bits per heavy atom. The molecule has 3 rings (SSSR count). The van der Waals surface area contributed by atoms with Crippen LogP contribution >= 0.6 is 0 Å². The van der Waals surface area contributed by atoms with Crippen molar-refractivity contribution in [3.63, 3.8) is 0 Å². The average Bonchev–Trinajstić information content (AvgIpc) is 2.84. The lowest BCUT2D eigenvalue weighted by Gasteiger charge is -2.00. The summed E-state index contributed by atoms with van der Waals surface area (Å²) in [6.45, 7) is 2.37. The predicted molar refractivity (Wildman–Crippen MR) is 79.1 cm³/mol. The highest BCUT2D eigenvalue weighted by Crippen LogP contribution is 2.13. The Hall–Kier alpha value is -2.76. The molecule has 106 valence electrons. The lowest BCUT2D eigenvalue weighted by atomic mass is 10.2. The van der Waals surface area contributed by atoms with Gasteiger partial charge in [0.1, 0.15) is 18.2 Å². The van der Waals surface area contributed by atoms with Gasteiger partial charge in [-0.3, -0.25) is 0 Å². The van der Waals surface area contributed by atoms with Crippen molar-refractivity contribution in [2.75, 3.05) is 5.73 Å². The quantitative estimate of drug-likeness (QED) is 0.730. The van der Waals surface area contributed by atoms with Crippen LogP contribution in [0.4, 0.5) is 5.82 Å². The maximum absolute atomic E-state index is 5.93. The normalized spacial score (nSPS) is 10.8. The van der Waals surface area contributed by atoms with Crippen LogP contribution in [0.5, 0.6) is 0 Å². The molecule has 0 aliphatic heterocycles. The number of aromatic nitrogens is 5. The van der Waals surface area contributed by atoms with E-state index in [4.69, 9.17) is 5.73 Å². The van der Waals surface area contributed by atoms with Crippen LogP contribution in [-0.4, -0.2) is 19.7 Å². The smallest absolute Gasteiger partial charge is 0.308 e. The summed E-state index contributed by atoms with van der Waals surface area (Å²) in [6, 6.07) is 10.1. The molecular formula is C15H17N6+. The molecular weight excluding hydrogens is 264 g/mol. The van der Waals surface area contributed by atoms with Crippen molar-refractivity contribution >= 4 is 5.82 Å². The van der Waals surface area contributed by atoms with Crippen molar-refractivity contribution in [3.8, 4) is 11.4 Å². The van der Waals surface area contributed by atoms with Gasteiger partial charge in [-0.2, -0.15) is 0 Å². The van der Waals surface area contributed by atoms with Crippen LogP contribution in [0.1, 0.15) is 11.4 Å². The molecule has 6 nitrogen and oxygen atoms in total. The molecule has 0 spiro atoms. The average molecular weight is 281 g/mol. The van der Waals surface area contributed by atoms with Crippen LogP contribution in [0, 0.1) is 6.92 Å². The summed E-state index contributed by atoms with van der Waals surface area (Å²) in [7, 11) is 1.97. The van der Waals surface area contributed by atoms with Gasteiger partial charge >= 0.3 is 5.82 Å². The molecule has 6 heteroatoms. The first-order valence-electron chi connectivity index (χ1n) is 6.70. The minimum absolute atomic E-state index is 0.502. The zero-order valence-electron chi connectivity index (χ0n) is 12.1. The zero-order valence-corrected chi connectivity index (χ0v) is 12.1. The Labute approximate surface area is 122 Å². The topological polar surface area (TPSA) is 73.5 Å². The minimum Gasteiger partial charge on any atom is -0.383 e. The third-order valence-electron chi connectivity index (χ3n) is 3.25. The van der Waals surface area contributed by atoms with Crippen molar-refractivity contribution < 1.29 is 4.57 Å². The first-order chi connectivity index (χ1) is 10.1. The highest BCUT2D eigenvalue weighted by Gasteiger charge is 2.17. The monoisotopic (exact) mass is 281 g/mol. The summed E-state index contributed by atoms with van der Waals surface area (Å²) >= 11 is 0. The van der Waals surface area contributed by atoms with Gasteiger partial charge in [-0.15, -0.1) is 4.68 Å². The van der Waals surface area contributed by atoms with Gasteiger partial charge in [0.15, 0.2) is 0 Å². The number of anilines is 1. The van der Waals surface area contributed by atoms with Crippen molar-refractivity contribution in [1.82, 2.24) is 19.7 Å². The van der Waals surface area contributed by atoms with E-state index in [2.05, 4.69) is 15.1 Å². The second kappa shape index (κ2) is 5.32. The van der Waals surface area contributed by atoms with Gasteiger partial charge in [0.25, 0.3) is 0 Å². The molecule has 0 unspecified atom stereocenters. The van der Waals surface area contributed by atoms with E-state index in [1.54, 1.807) is 6.20 Å². The first-order valence-corrected chi connectivity index (χ1v) is 6.70. The third kappa shape index (κ3) is 2.74. The number of nitrogen functional groups attached to an aromatic ring is 1. The van der Waals surface area contributed by atoms with E-state index in [1.807, 2.05) is 59.9 Å². The van der Waals surface area contributed by atoms with Crippen molar-refractivity contribution in [2.45, 2.75) is 13.5 Å². The maximum Gasteiger partial charge on any atom is 0.308 e. The standard InChI is InChI=1S/C15H17N6/c1-11-17-8-13(14(16)18-11)9-21-10-20(2)15(19-21)12-6-4-3-5-7-12/h3-8,10H,9H2,1-2H3,(H2,16,17,18)/q+1. The van der Waals surface area contributed by atoms with Crippen LogP contribution in [0.25, 0.3) is 11.4 Å². The van der Waals surface area contributed by atoms with Crippen LogP contribution in [0.2, 0.25) is 0 Å². The molecule has 0 radical (unpaired) electrons. The fraction of sp³-hybridized carbons (Fsp3) is 0.200. The summed E-state index contributed by atoms with van der Waals surface area (Å²) in [5, 5.41) is 4.61. The van der Waals surface area contributed by atoms with Gasteiger partial charge in [-0.1, -0.05) is 18.2 Å². The second-order valence-electron chi connectivity index (χ2n) is 4.94. The van der Waals surface area contributed by atoms with Gasteiger partial charge in [0, 0.05) is 11.3 Å². The Balaban J connectivity index is 1.91. The van der Waals surface area contributed by atoms with E-state index in [1.165, 1.54) is 0 Å². The SMILES string of the molecule is Cc1ncc(Cn2c[n+](C)c(-c3ccccc3)n2)c(N)n1. The van der Waals surface area contributed by atoms with E-state index < -0.39 is 0 Å². The first kappa shape index (κ1) is 13.2. The molecule has 0 saturated heterocycles. The Morgan fingerprint density at radius 2 is 2.00 bits per heavy atom. The molecule has 3 aromatic rings. The van der Waals surface area contributed by atoms with Gasteiger partial charge in [-0.05, 0) is 19.1 Å². The van der Waals surface area contributed by atoms with E-state index in [0.717, 1.165) is 17.0 Å². The number of benzene rings is 1. The molecule has 0 amide bonds. The Kier molecular flexibility index (Phi) is 3.35. The van der Waals surface area contributed by atoms with Crippen molar-refractivity contribution in [3.05, 3.63) is 54.2 Å². The number of hydrogen-bond donors (Lipinski definition) is 1. The number of hydrogen-bond acceptors (Lipinski definition) is 4. The predicted octanol–water partition coefficient (Wildman–Crippen LogP) is 1.10. The largest absolute Gasteiger partial charge is 0.383 e. The minimum atomic E-state index is 0.502. The lowest BCUT2D eigenvalue weighted by molar-refractivity contribution is -0.661. The van der Waals surface area contributed by atoms with E-state index in [9.17, 15) is 0 Å². The summed E-state index contributed by atoms with van der Waals surface area (Å²) in [6.07, 6.45) is 3.68. The summed E-state index contributed by atoms with van der Waals surface area (Å²) in [4.78, 5) is 8.36. The molecule has 1 aromatic carbocycles. The van der Waals surface area contributed by atoms with E-state index in [-0.39, 0.29) is 0 Å². The number of rotatable bonds is 3. The lowest BCUT2D eigenvalue weighted by Crippen LogP contribution is -2.28. The molecule has 0 saturated carbocycles.